The van der Waals surface area contributed by atoms with Crippen molar-refractivity contribution in [3.05, 3.63) is 47.5 Å². The van der Waals surface area contributed by atoms with Crippen LogP contribution in [-0.2, 0) is 21.2 Å². The van der Waals surface area contributed by atoms with Crippen molar-refractivity contribution in [2.75, 3.05) is 30.1 Å². The summed E-state index contributed by atoms with van der Waals surface area (Å²) in [6.07, 6.45) is 1.80. The molecule has 0 radical (unpaired) electrons. The summed E-state index contributed by atoms with van der Waals surface area (Å²) in [5, 5.41) is 2.90. The van der Waals surface area contributed by atoms with Crippen LogP contribution < -0.4 is 19.1 Å². The van der Waals surface area contributed by atoms with E-state index in [0.29, 0.717) is 17.2 Å². The predicted molar refractivity (Wildman–Crippen MR) is 116 cm³/mol. The van der Waals surface area contributed by atoms with Gasteiger partial charge in [0.05, 0.1) is 26.2 Å². The minimum Gasteiger partial charge on any atom is -0.497 e. The molecule has 0 aliphatic rings. The number of methoxy groups -OCH3 is 2. The summed E-state index contributed by atoms with van der Waals surface area (Å²) in [4.78, 5) is 13.1. The molecule has 0 saturated carbocycles. The van der Waals surface area contributed by atoms with Crippen LogP contribution in [0.2, 0.25) is 0 Å². The van der Waals surface area contributed by atoms with Crippen molar-refractivity contribution in [2.24, 2.45) is 0 Å². The van der Waals surface area contributed by atoms with E-state index in [2.05, 4.69) is 5.32 Å². The quantitative estimate of drug-likeness (QED) is 0.708. The monoisotopic (exact) mass is 420 g/mol. The van der Waals surface area contributed by atoms with E-state index in [1.807, 2.05) is 32.0 Å². The molecular weight excluding hydrogens is 392 g/mol. The lowest BCUT2D eigenvalue weighted by Crippen LogP contribution is -2.45. The second-order valence-corrected chi connectivity index (χ2v) is 8.58. The molecule has 2 aromatic carbocycles. The van der Waals surface area contributed by atoms with E-state index < -0.39 is 22.0 Å². The summed E-state index contributed by atoms with van der Waals surface area (Å²) < 4.78 is 36.9. The molecule has 0 unspecified atom stereocenters. The number of benzene rings is 2. The fraction of sp³-hybridized carbons (Fsp3) is 0.381. The number of carbonyl (C=O) groups excluding carboxylic acids is 1. The van der Waals surface area contributed by atoms with Crippen LogP contribution in [-0.4, -0.2) is 40.8 Å². The SMILES string of the molecule is CCc1cccc(C)c1NC(=O)[C@@H](C)N(c1cc(OC)ccc1OC)S(C)(=O)=O. The molecule has 2 rings (SSSR count). The number of anilines is 2. The van der Waals surface area contributed by atoms with Crippen molar-refractivity contribution in [1.82, 2.24) is 0 Å². The van der Waals surface area contributed by atoms with Crippen LogP contribution in [0.5, 0.6) is 11.5 Å². The van der Waals surface area contributed by atoms with Crippen molar-refractivity contribution in [1.29, 1.82) is 0 Å². The van der Waals surface area contributed by atoms with Crippen LogP contribution in [0.1, 0.15) is 25.0 Å². The molecule has 0 aliphatic heterocycles. The number of nitrogens with one attached hydrogen (secondary N) is 1. The van der Waals surface area contributed by atoms with Crippen molar-refractivity contribution >= 4 is 27.3 Å². The van der Waals surface area contributed by atoms with E-state index in [1.165, 1.54) is 20.3 Å². The number of aryl methyl sites for hydroxylation is 2. The molecule has 7 nitrogen and oxygen atoms in total. The van der Waals surface area contributed by atoms with Crippen molar-refractivity contribution in [3.8, 4) is 11.5 Å². The number of para-hydroxylation sites is 1. The fourth-order valence-corrected chi connectivity index (χ4v) is 4.35. The Kier molecular flexibility index (Phi) is 7.13. The average molecular weight is 421 g/mol. The number of carbonyl (C=O) groups is 1. The average Bonchev–Trinajstić information content (AvgIpc) is 2.68. The Morgan fingerprint density at radius 3 is 2.41 bits per heavy atom. The topological polar surface area (TPSA) is 84.9 Å². The van der Waals surface area contributed by atoms with Gasteiger partial charge in [-0.15, -0.1) is 0 Å². The maximum Gasteiger partial charge on any atom is 0.248 e. The Morgan fingerprint density at radius 1 is 1.17 bits per heavy atom. The zero-order valence-electron chi connectivity index (χ0n) is 17.6. The highest BCUT2D eigenvalue weighted by atomic mass is 32.2. The number of amides is 1. The normalized spacial score (nSPS) is 12.2. The number of nitrogens with zero attached hydrogens (tertiary/aromatic N) is 1. The number of ether oxygens (including phenoxy) is 2. The maximum absolute atomic E-state index is 13.1. The van der Waals surface area contributed by atoms with Gasteiger partial charge in [0.1, 0.15) is 17.5 Å². The summed E-state index contributed by atoms with van der Waals surface area (Å²) in [5.74, 6) is 0.333. The first kappa shape index (κ1) is 22.5. The smallest absolute Gasteiger partial charge is 0.248 e. The molecule has 1 atom stereocenters. The molecule has 0 heterocycles. The standard InChI is InChI=1S/C21H28N2O5S/c1-7-16-10-8-9-14(2)20(16)22-21(24)15(3)23(29(6,25)26)18-13-17(27-4)11-12-19(18)28-5/h8-13,15H,7H2,1-6H3,(H,22,24)/t15-/m1/s1. The summed E-state index contributed by atoms with van der Waals surface area (Å²) in [7, 11) is -0.876. The summed E-state index contributed by atoms with van der Waals surface area (Å²) in [6, 6.07) is 9.55. The minimum atomic E-state index is -3.80. The van der Waals surface area contributed by atoms with Gasteiger partial charge in [-0.2, -0.15) is 0 Å². The van der Waals surface area contributed by atoms with E-state index in [9.17, 15) is 13.2 Å². The Hall–Kier alpha value is -2.74. The summed E-state index contributed by atoms with van der Waals surface area (Å²) in [5.41, 5.74) is 2.83. The van der Waals surface area contributed by atoms with E-state index in [-0.39, 0.29) is 5.69 Å². The molecule has 1 amide bonds. The lowest BCUT2D eigenvalue weighted by Gasteiger charge is -2.30. The lowest BCUT2D eigenvalue weighted by atomic mass is 10.1. The second-order valence-electron chi connectivity index (χ2n) is 6.72. The van der Waals surface area contributed by atoms with Crippen LogP contribution in [0.25, 0.3) is 0 Å². The molecular formula is C21H28N2O5S. The third-order valence-corrected chi connectivity index (χ3v) is 5.93. The molecule has 0 aromatic heterocycles. The van der Waals surface area contributed by atoms with Gasteiger partial charge in [0.2, 0.25) is 15.9 Å². The number of rotatable bonds is 8. The van der Waals surface area contributed by atoms with Crippen LogP contribution >= 0.6 is 0 Å². The van der Waals surface area contributed by atoms with Crippen molar-refractivity contribution in [2.45, 2.75) is 33.2 Å². The number of hydrogen-bond acceptors (Lipinski definition) is 5. The van der Waals surface area contributed by atoms with E-state index in [0.717, 1.165) is 28.1 Å². The maximum atomic E-state index is 13.1. The number of sulfonamides is 1. The van der Waals surface area contributed by atoms with Gasteiger partial charge < -0.3 is 14.8 Å². The lowest BCUT2D eigenvalue weighted by molar-refractivity contribution is -0.116. The number of hydrogen-bond donors (Lipinski definition) is 1. The van der Waals surface area contributed by atoms with Gasteiger partial charge >= 0.3 is 0 Å². The van der Waals surface area contributed by atoms with Crippen LogP contribution in [0.4, 0.5) is 11.4 Å². The molecule has 0 fully saturated rings. The van der Waals surface area contributed by atoms with Gasteiger partial charge in [-0.1, -0.05) is 25.1 Å². The summed E-state index contributed by atoms with van der Waals surface area (Å²) in [6.45, 7) is 5.44. The largest absolute Gasteiger partial charge is 0.497 e. The molecule has 2 aromatic rings. The Morgan fingerprint density at radius 2 is 1.86 bits per heavy atom. The summed E-state index contributed by atoms with van der Waals surface area (Å²) >= 11 is 0. The molecule has 0 saturated heterocycles. The highest BCUT2D eigenvalue weighted by Gasteiger charge is 2.32. The molecule has 8 heteroatoms. The first-order chi connectivity index (χ1) is 13.6. The van der Waals surface area contributed by atoms with Gasteiger partial charge in [0.15, 0.2) is 0 Å². The molecule has 29 heavy (non-hydrogen) atoms. The zero-order valence-corrected chi connectivity index (χ0v) is 18.5. The van der Waals surface area contributed by atoms with Crippen LogP contribution in [0.3, 0.4) is 0 Å². The van der Waals surface area contributed by atoms with Gasteiger partial charge in [-0.3, -0.25) is 9.10 Å². The highest BCUT2D eigenvalue weighted by Crippen LogP contribution is 2.35. The third kappa shape index (κ3) is 5.00. The van der Waals surface area contributed by atoms with Crippen LogP contribution in [0, 0.1) is 6.92 Å². The Balaban J connectivity index is 2.49. The van der Waals surface area contributed by atoms with E-state index >= 15 is 0 Å². The predicted octanol–water partition coefficient (Wildman–Crippen LogP) is 3.37. The first-order valence-electron chi connectivity index (χ1n) is 9.24. The Labute approximate surface area is 172 Å². The fourth-order valence-electron chi connectivity index (χ4n) is 3.18. The van der Waals surface area contributed by atoms with Gasteiger partial charge in [0, 0.05) is 11.8 Å². The van der Waals surface area contributed by atoms with Gasteiger partial charge in [0.25, 0.3) is 0 Å². The van der Waals surface area contributed by atoms with Crippen LogP contribution in [0.15, 0.2) is 36.4 Å². The highest BCUT2D eigenvalue weighted by molar-refractivity contribution is 7.92. The first-order valence-corrected chi connectivity index (χ1v) is 11.1. The zero-order chi connectivity index (χ0) is 21.8. The third-order valence-electron chi connectivity index (χ3n) is 4.70. The molecule has 0 spiro atoms. The van der Waals surface area contributed by atoms with Gasteiger partial charge in [-0.05, 0) is 43.5 Å². The molecule has 158 valence electrons. The van der Waals surface area contributed by atoms with E-state index in [4.69, 9.17) is 9.47 Å². The van der Waals surface area contributed by atoms with Crippen molar-refractivity contribution < 1.29 is 22.7 Å². The molecule has 0 aliphatic carbocycles. The second kappa shape index (κ2) is 9.17. The van der Waals surface area contributed by atoms with Crippen molar-refractivity contribution in [3.63, 3.8) is 0 Å². The minimum absolute atomic E-state index is 0.234. The molecule has 1 N–H and O–H groups in total. The van der Waals surface area contributed by atoms with E-state index in [1.54, 1.807) is 19.1 Å². The van der Waals surface area contributed by atoms with Gasteiger partial charge in [-0.25, -0.2) is 8.42 Å². The molecule has 0 bridgehead atoms. The Bertz CT molecular complexity index is 989.